The molecule has 0 atom stereocenters. The summed E-state index contributed by atoms with van der Waals surface area (Å²) in [6.45, 7) is 0. The van der Waals surface area contributed by atoms with E-state index in [1.54, 1.807) is 36.0 Å². The topological polar surface area (TPSA) is 70.1 Å². The van der Waals surface area contributed by atoms with Gasteiger partial charge in [0.05, 0.1) is 16.9 Å². The van der Waals surface area contributed by atoms with Crippen molar-refractivity contribution in [3.8, 4) is 22.8 Å². The summed E-state index contributed by atoms with van der Waals surface area (Å²) in [5.74, 6) is -0.441. The normalized spacial score (nSPS) is 12.2. The Morgan fingerprint density at radius 2 is 1.96 bits per heavy atom. The van der Waals surface area contributed by atoms with E-state index in [-0.39, 0.29) is 11.5 Å². The molecule has 3 aromatic rings. The van der Waals surface area contributed by atoms with Crippen LogP contribution in [0.3, 0.4) is 0 Å². The highest BCUT2D eigenvalue weighted by atomic mass is 35.5. The summed E-state index contributed by atoms with van der Waals surface area (Å²) in [7, 11) is 1.66. The van der Waals surface area contributed by atoms with E-state index in [1.807, 2.05) is 11.4 Å². The van der Waals surface area contributed by atoms with E-state index in [2.05, 4.69) is 10.1 Å². The number of thiazole rings is 1. The molecule has 0 unspecified atom stereocenters. The van der Waals surface area contributed by atoms with E-state index >= 15 is 0 Å². The van der Waals surface area contributed by atoms with Gasteiger partial charge in [0, 0.05) is 28.6 Å². The van der Waals surface area contributed by atoms with Gasteiger partial charge in [-0.15, -0.1) is 11.3 Å². The highest BCUT2D eigenvalue weighted by molar-refractivity contribution is 7.07. The third-order valence-corrected chi connectivity index (χ3v) is 4.90. The number of phenolic OH excluding ortho intramolecular Hbond substituents is 2. The van der Waals surface area contributed by atoms with Gasteiger partial charge in [0.2, 0.25) is 4.80 Å². The molecule has 0 aliphatic carbocycles. The van der Waals surface area contributed by atoms with Gasteiger partial charge in [-0.3, -0.25) is 4.99 Å². The third kappa shape index (κ3) is 3.56. The van der Waals surface area contributed by atoms with Gasteiger partial charge in [0.1, 0.15) is 0 Å². The molecule has 0 fully saturated rings. The number of hydrogen-bond acceptors (Lipinski definition) is 5. The Morgan fingerprint density at radius 1 is 1.16 bits per heavy atom. The Bertz CT molecular complexity index is 1020. The van der Waals surface area contributed by atoms with Crippen LogP contribution in [0.4, 0.5) is 0 Å². The Morgan fingerprint density at radius 3 is 2.68 bits per heavy atom. The van der Waals surface area contributed by atoms with Crippen molar-refractivity contribution in [2.45, 2.75) is 0 Å². The Labute approximate surface area is 157 Å². The van der Waals surface area contributed by atoms with Gasteiger partial charge in [-0.1, -0.05) is 29.3 Å². The average molecular weight is 394 g/mol. The molecule has 0 aliphatic heterocycles. The second-order valence-electron chi connectivity index (χ2n) is 5.02. The fourth-order valence-corrected chi connectivity index (χ4v) is 3.52. The molecule has 5 nitrogen and oxygen atoms in total. The molecule has 128 valence electrons. The number of nitrogens with zero attached hydrogens (tertiary/aromatic N) is 3. The average Bonchev–Trinajstić information content (AvgIpc) is 2.99. The summed E-state index contributed by atoms with van der Waals surface area (Å²) in [4.78, 5) is 4.85. The zero-order valence-corrected chi connectivity index (χ0v) is 15.3. The van der Waals surface area contributed by atoms with Crippen molar-refractivity contribution in [3.63, 3.8) is 0 Å². The molecule has 0 bridgehead atoms. The summed E-state index contributed by atoms with van der Waals surface area (Å²) < 4.78 is 1.61. The molecule has 8 heteroatoms. The Hall–Kier alpha value is -2.28. The van der Waals surface area contributed by atoms with E-state index in [0.29, 0.717) is 20.4 Å². The Kier molecular flexibility index (Phi) is 5.13. The van der Waals surface area contributed by atoms with Crippen LogP contribution in [0.15, 0.2) is 51.9 Å². The van der Waals surface area contributed by atoms with Gasteiger partial charge in [0.15, 0.2) is 11.5 Å². The molecule has 0 saturated heterocycles. The summed E-state index contributed by atoms with van der Waals surface area (Å²) in [5.41, 5.74) is 1.88. The van der Waals surface area contributed by atoms with Crippen molar-refractivity contribution in [1.82, 2.24) is 4.68 Å². The molecule has 25 heavy (non-hydrogen) atoms. The number of aromatic hydroxyl groups is 2. The van der Waals surface area contributed by atoms with Crippen molar-refractivity contribution in [2.24, 2.45) is 10.1 Å². The maximum Gasteiger partial charge on any atom is 0.205 e. The van der Waals surface area contributed by atoms with E-state index in [1.165, 1.54) is 23.6 Å². The first kappa shape index (κ1) is 17.5. The molecule has 0 amide bonds. The summed E-state index contributed by atoms with van der Waals surface area (Å²) in [5, 5.41) is 26.8. The van der Waals surface area contributed by atoms with E-state index < -0.39 is 0 Å². The molecule has 0 spiro atoms. The van der Waals surface area contributed by atoms with Gasteiger partial charge in [-0.25, -0.2) is 4.68 Å². The van der Waals surface area contributed by atoms with Crippen LogP contribution >= 0.6 is 34.5 Å². The predicted molar refractivity (Wildman–Crippen MR) is 102 cm³/mol. The van der Waals surface area contributed by atoms with Crippen molar-refractivity contribution in [1.29, 1.82) is 0 Å². The van der Waals surface area contributed by atoms with Crippen LogP contribution in [0.1, 0.15) is 5.56 Å². The molecule has 2 aromatic carbocycles. The summed E-state index contributed by atoms with van der Waals surface area (Å²) >= 11 is 13.7. The lowest BCUT2D eigenvalue weighted by molar-refractivity contribution is 0.403. The maximum absolute atomic E-state index is 9.91. The van der Waals surface area contributed by atoms with Crippen molar-refractivity contribution < 1.29 is 10.2 Å². The number of halogens is 2. The number of phenols is 2. The van der Waals surface area contributed by atoms with Crippen LogP contribution in [-0.2, 0) is 0 Å². The number of rotatable bonds is 3. The molecular weight excluding hydrogens is 381 g/mol. The first-order valence-corrected chi connectivity index (χ1v) is 8.79. The number of hydrogen-bond donors (Lipinski definition) is 2. The predicted octanol–water partition coefficient (Wildman–Crippen LogP) is 4.35. The quantitative estimate of drug-likeness (QED) is 0.512. The largest absolute Gasteiger partial charge is 0.504 e. The fourth-order valence-electron chi connectivity index (χ4n) is 2.22. The maximum atomic E-state index is 9.91. The number of para-hydroxylation sites is 1. The summed E-state index contributed by atoms with van der Waals surface area (Å²) in [6, 6.07) is 9.88. The minimum Gasteiger partial charge on any atom is -0.504 e. The first-order chi connectivity index (χ1) is 12.0. The minimum atomic E-state index is -0.233. The molecule has 0 aliphatic rings. The molecule has 0 saturated carbocycles. The van der Waals surface area contributed by atoms with Gasteiger partial charge in [-0.2, -0.15) is 5.10 Å². The van der Waals surface area contributed by atoms with Crippen LogP contribution in [-0.4, -0.2) is 28.2 Å². The molecule has 3 rings (SSSR count). The fraction of sp³-hybridized carbons (Fsp3) is 0.0588. The van der Waals surface area contributed by atoms with Gasteiger partial charge in [-0.05, 0) is 30.3 Å². The lowest BCUT2D eigenvalue weighted by Gasteiger charge is -2.06. The standard InChI is InChI=1S/C17H13Cl2N3O2S/c1-20-17-22(21-8-10-3-2-4-15(23)16(10)24)14(9-25-17)12-6-5-11(18)7-13(12)19/h2-9,23-24H,1H3. The molecular formula is C17H13Cl2N3O2S. The number of aromatic nitrogens is 1. The molecule has 1 aromatic heterocycles. The van der Waals surface area contributed by atoms with Gasteiger partial charge >= 0.3 is 0 Å². The lowest BCUT2D eigenvalue weighted by atomic mass is 10.2. The van der Waals surface area contributed by atoms with E-state index in [9.17, 15) is 10.2 Å². The lowest BCUT2D eigenvalue weighted by Crippen LogP contribution is -2.11. The molecule has 2 N–H and O–H groups in total. The van der Waals surface area contributed by atoms with E-state index in [4.69, 9.17) is 23.2 Å². The summed E-state index contributed by atoms with van der Waals surface area (Å²) in [6.07, 6.45) is 1.45. The van der Waals surface area contributed by atoms with Crippen molar-refractivity contribution >= 4 is 40.8 Å². The highest BCUT2D eigenvalue weighted by Crippen LogP contribution is 2.31. The van der Waals surface area contributed by atoms with Crippen LogP contribution < -0.4 is 4.80 Å². The van der Waals surface area contributed by atoms with Crippen LogP contribution in [0.2, 0.25) is 10.0 Å². The Balaban J connectivity index is 2.12. The highest BCUT2D eigenvalue weighted by Gasteiger charge is 2.11. The van der Waals surface area contributed by atoms with Gasteiger partial charge in [0.25, 0.3) is 0 Å². The van der Waals surface area contributed by atoms with Crippen LogP contribution in [0.25, 0.3) is 11.3 Å². The van der Waals surface area contributed by atoms with E-state index in [0.717, 1.165) is 11.3 Å². The first-order valence-electron chi connectivity index (χ1n) is 7.15. The second kappa shape index (κ2) is 7.31. The second-order valence-corrected chi connectivity index (χ2v) is 6.70. The smallest absolute Gasteiger partial charge is 0.205 e. The zero-order chi connectivity index (χ0) is 18.0. The number of benzene rings is 2. The van der Waals surface area contributed by atoms with Crippen molar-refractivity contribution in [2.75, 3.05) is 7.05 Å². The zero-order valence-electron chi connectivity index (χ0n) is 13.0. The molecule has 0 radical (unpaired) electrons. The SMILES string of the molecule is CN=c1scc(-c2ccc(Cl)cc2Cl)n1N=Cc1cccc(O)c1O. The van der Waals surface area contributed by atoms with Crippen LogP contribution in [0, 0.1) is 0 Å². The molecule has 1 heterocycles. The van der Waals surface area contributed by atoms with Gasteiger partial charge < -0.3 is 10.2 Å². The van der Waals surface area contributed by atoms with Crippen LogP contribution in [0.5, 0.6) is 11.5 Å². The van der Waals surface area contributed by atoms with Crippen molar-refractivity contribution in [3.05, 3.63) is 62.2 Å². The third-order valence-electron chi connectivity index (χ3n) is 3.44. The monoisotopic (exact) mass is 393 g/mol. The minimum absolute atomic E-state index is 0.208.